The van der Waals surface area contributed by atoms with Crippen LogP contribution < -0.4 is 5.32 Å². The van der Waals surface area contributed by atoms with E-state index in [2.05, 4.69) is 15.4 Å². The van der Waals surface area contributed by atoms with Crippen molar-refractivity contribution in [1.82, 2.24) is 20.1 Å². The second kappa shape index (κ2) is 5.54. The number of hydrogen-bond acceptors (Lipinski definition) is 3. The van der Waals surface area contributed by atoms with Crippen molar-refractivity contribution >= 4 is 0 Å². The van der Waals surface area contributed by atoms with E-state index in [9.17, 15) is 4.39 Å². The van der Waals surface area contributed by atoms with Crippen molar-refractivity contribution in [2.24, 2.45) is 0 Å². The molecule has 0 amide bonds. The van der Waals surface area contributed by atoms with Crippen molar-refractivity contribution in [2.45, 2.75) is 20.0 Å². The average Bonchev–Trinajstić information content (AvgIpc) is 2.74. The number of benzene rings is 1. The summed E-state index contributed by atoms with van der Waals surface area (Å²) in [6, 6.07) is 6.50. The maximum atomic E-state index is 13.0. The largest absolute Gasteiger partial charge is 0.310 e. The van der Waals surface area contributed by atoms with Gasteiger partial charge in [0.2, 0.25) is 0 Å². The highest BCUT2D eigenvalue weighted by atomic mass is 19.1. The standard InChI is InChI=1S/C12H15FN4/c1-2-14-7-12-15-9-17(16-12)8-10-4-3-5-11(13)6-10/h3-6,9,14H,2,7-8H2,1H3. The predicted octanol–water partition coefficient (Wildman–Crippen LogP) is 1.57. The molecule has 0 aliphatic carbocycles. The normalized spacial score (nSPS) is 10.7. The first-order valence-corrected chi connectivity index (χ1v) is 5.61. The summed E-state index contributed by atoms with van der Waals surface area (Å²) in [6.07, 6.45) is 1.66. The van der Waals surface area contributed by atoms with Crippen molar-refractivity contribution in [2.75, 3.05) is 6.54 Å². The molecule has 0 atom stereocenters. The second-order valence-corrected chi connectivity index (χ2v) is 3.77. The highest BCUT2D eigenvalue weighted by molar-refractivity contribution is 5.16. The van der Waals surface area contributed by atoms with E-state index in [1.807, 2.05) is 13.0 Å². The van der Waals surface area contributed by atoms with Gasteiger partial charge >= 0.3 is 0 Å². The van der Waals surface area contributed by atoms with E-state index in [4.69, 9.17) is 0 Å². The lowest BCUT2D eigenvalue weighted by Crippen LogP contribution is -2.13. The third-order valence-electron chi connectivity index (χ3n) is 2.35. The molecular formula is C12H15FN4. The Labute approximate surface area is 99.5 Å². The average molecular weight is 234 g/mol. The second-order valence-electron chi connectivity index (χ2n) is 3.77. The van der Waals surface area contributed by atoms with Gasteiger partial charge in [0.25, 0.3) is 0 Å². The van der Waals surface area contributed by atoms with Crippen molar-refractivity contribution in [3.05, 3.63) is 47.8 Å². The van der Waals surface area contributed by atoms with E-state index in [1.165, 1.54) is 12.1 Å². The van der Waals surface area contributed by atoms with Gasteiger partial charge in [-0.2, -0.15) is 5.10 Å². The van der Waals surface area contributed by atoms with E-state index in [0.29, 0.717) is 13.1 Å². The number of nitrogens with one attached hydrogen (secondary N) is 1. The van der Waals surface area contributed by atoms with E-state index < -0.39 is 0 Å². The van der Waals surface area contributed by atoms with Gasteiger partial charge in [0.15, 0.2) is 5.82 Å². The molecule has 17 heavy (non-hydrogen) atoms. The molecule has 2 rings (SSSR count). The fourth-order valence-corrected chi connectivity index (χ4v) is 1.55. The molecule has 4 nitrogen and oxygen atoms in total. The zero-order chi connectivity index (χ0) is 12.1. The summed E-state index contributed by atoms with van der Waals surface area (Å²) in [7, 11) is 0. The Morgan fingerprint density at radius 3 is 3.06 bits per heavy atom. The lowest BCUT2D eigenvalue weighted by Gasteiger charge is -2.01. The Hall–Kier alpha value is -1.75. The Bertz CT molecular complexity index is 481. The molecule has 5 heteroatoms. The summed E-state index contributed by atoms with van der Waals surface area (Å²) in [4.78, 5) is 4.17. The van der Waals surface area contributed by atoms with E-state index in [-0.39, 0.29) is 5.82 Å². The van der Waals surface area contributed by atoms with Crippen LogP contribution in [0.4, 0.5) is 4.39 Å². The summed E-state index contributed by atoms with van der Waals surface area (Å²) in [6.45, 7) is 4.12. The van der Waals surface area contributed by atoms with Gasteiger partial charge in [-0.15, -0.1) is 0 Å². The molecular weight excluding hydrogens is 219 g/mol. The van der Waals surface area contributed by atoms with Crippen LogP contribution in [-0.4, -0.2) is 21.3 Å². The van der Waals surface area contributed by atoms with E-state index in [1.54, 1.807) is 17.1 Å². The van der Waals surface area contributed by atoms with Crippen molar-refractivity contribution in [3.63, 3.8) is 0 Å². The van der Waals surface area contributed by atoms with Gasteiger partial charge in [0.1, 0.15) is 12.1 Å². The molecule has 1 heterocycles. The minimum Gasteiger partial charge on any atom is -0.310 e. The molecule has 0 saturated carbocycles. The van der Waals surface area contributed by atoms with Crippen LogP contribution in [-0.2, 0) is 13.1 Å². The predicted molar refractivity (Wildman–Crippen MR) is 62.9 cm³/mol. The number of nitrogens with zero attached hydrogens (tertiary/aromatic N) is 3. The third-order valence-corrected chi connectivity index (χ3v) is 2.35. The van der Waals surface area contributed by atoms with E-state index >= 15 is 0 Å². The first kappa shape index (κ1) is 11.7. The highest BCUT2D eigenvalue weighted by Gasteiger charge is 2.01. The summed E-state index contributed by atoms with van der Waals surface area (Å²) in [5.74, 6) is 0.527. The molecule has 1 aromatic heterocycles. The third kappa shape index (κ3) is 3.35. The maximum Gasteiger partial charge on any atom is 0.164 e. The number of rotatable bonds is 5. The van der Waals surface area contributed by atoms with Gasteiger partial charge in [0.05, 0.1) is 13.1 Å². The van der Waals surface area contributed by atoms with Gasteiger partial charge in [0, 0.05) is 0 Å². The van der Waals surface area contributed by atoms with Crippen LogP contribution in [0.3, 0.4) is 0 Å². The molecule has 0 saturated heterocycles. The van der Waals surface area contributed by atoms with Crippen LogP contribution in [0, 0.1) is 5.82 Å². The zero-order valence-corrected chi connectivity index (χ0v) is 9.73. The van der Waals surface area contributed by atoms with Crippen LogP contribution in [0.15, 0.2) is 30.6 Å². The van der Waals surface area contributed by atoms with Gasteiger partial charge in [-0.3, -0.25) is 0 Å². The molecule has 0 bridgehead atoms. The highest BCUT2D eigenvalue weighted by Crippen LogP contribution is 2.05. The molecule has 2 aromatic rings. The molecule has 0 spiro atoms. The molecule has 1 aromatic carbocycles. The SMILES string of the molecule is CCNCc1ncn(Cc2cccc(F)c2)n1. The number of halogens is 1. The maximum absolute atomic E-state index is 13.0. The van der Waals surface area contributed by atoms with Gasteiger partial charge in [-0.1, -0.05) is 19.1 Å². The topological polar surface area (TPSA) is 42.7 Å². The lowest BCUT2D eigenvalue weighted by atomic mass is 10.2. The lowest BCUT2D eigenvalue weighted by molar-refractivity contribution is 0.615. The zero-order valence-electron chi connectivity index (χ0n) is 9.73. The first-order chi connectivity index (χ1) is 8.28. The fourth-order valence-electron chi connectivity index (χ4n) is 1.55. The number of hydrogen-bond donors (Lipinski definition) is 1. The molecule has 0 unspecified atom stereocenters. The van der Waals surface area contributed by atoms with Gasteiger partial charge < -0.3 is 5.32 Å². The van der Waals surface area contributed by atoms with E-state index in [0.717, 1.165) is 17.9 Å². The molecule has 0 aliphatic heterocycles. The summed E-state index contributed by atoms with van der Waals surface area (Å²) < 4.78 is 14.7. The fraction of sp³-hybridized carbons (Fsp3) is 0.333. The minimum absolute atomic E-state index is 0.226. The Morgan fingerprint density at radius 1 is 1.41 bits per heavy atom. The Kier molecular flexibility index (Phi) is 3.82. The van der Waals surface area contributed by atoms with Gasteiger partial charge in [-0.05, 0) is 24.2 Å². The smallest absolute Gasteiger partial charge is 0.164 e. The quantitative estimate of drug-likeness (QED) is 0.854. The molecule has 0 radical (unpaired) electrons. The van der Waals surface area contributed by atoms with Crippen LogP contribution in [0.2, 0.25) is 0 Å². The van der Waals surface area contributed by atoms with Crippen LogP contribution in [0.5, 0.6) is 0 Å². The summed E-state index contributed by atoms with van der Waals surface area (Å²) in [5.41, 5.74) is 0.880. The van der Waals surface area contributed by atoms with Crippen molar-refractivity contribution in [3.8, 4) is 0 Å². The number of aromatic nitrogens is 3. The molecule has 90 valence electrons. The summed E-state index contributed by atoms with van der Waals surface area (Å²) in [5, 5.41) is 7.45. The van der Waals surface area contributed by atoms with Crippen LogP contribution >= 0.6 is 0 Å². The first-order valence-electron chi connectivity index (χ1n) is 5.61. The van der Waals surface area contributed by atoms with Crippen LogP contribution in [0.25, 0.3) is 0 Å². The molecule has 0 fully saturated rings. The summed E-state index contributed by atoms with van der Waals surface area (Å²) >= 11 is 0. The van der Waals surface area contributed by atoms with Crippen LogP contribution in [0.1, 0.15) is 18.3 Å². The minimum atomic E-state index is -0.226. The van der Waals surface area contributed by atoms with Gasteiger partial charge in [-0.25, -0.2) is 14.1 Å². The van der Waals surface area contributed by atoms with Crippen molar-refractivity contribution < 1.29 is 4.39 Å². The Balaban J connectivity index is 2.01. The molecule has 0 aliphatic rings. The Morgan fingerprint density at radius 2 is 2.29 bits per heavy atom. The monoisotopic (exact) mass is 234 g/mol. The van der Waals surface area contributed by atoms with Crippen molar-refractivity contribution in [1.29, 1.82) is 0 Å². The molecule has 1 N–H and O–H groups in total.